The summed E-state index contributed by atoms with van der Waals surface area (Å²) >= 11 is 0. The van der Waals surface area contributed by atoms with E-state index in [4.69, 9.17) is 14.3 Å². The summed E-state index contributed by atoms with van der Waals surface area (Å²) in [5.41, 5.74) is 3.77. The van der Waals surface area contributed by atoms with E-state index in [1.807, 2.05) is 69.3 Å². The quantitative estimate of drug-likeness (QED) is 0.0958. The number of ether oxygens (including phenoxy) is 1. The molecule has 1 saturated heterocycles. The first-order valence-electron chi connectivity index (χ1n) is 16.2. The minimum Gasteiger partial charge on any atom is -0.457 e. The lowest BCUT2D eigenvalue weighted by molar-refractivity contribution is -0.132. The first-order chi connectivity index (χ1) is 21.3. The standard InChI is InChI=1S/C37H47NO6/c1-26(2)32-25-43-37(42)38(32)36(41)31(23-28-17-11-10-12-18-28)35(40)34-24-30(29-19-15-16-27(3)22-29)33(44-34)20-13-8-6-4-5-7-9-14-21-39/h10-12,15-19,22,24,26,31-32,39H,4-9,13-14,20-21,23,25H2,1-3H3/t31-,32+/m1/s1. The lowest BCUT2D eigenvalue weighted by Crippen LogP contribution is -2.47. The second kappa shape index (κ2) is 16.4. The number of aliphatic hydroxyl groups excluding tert-OH is 1. The summed E-state index contributed by atoms with van der Waals surface area (Å²) in [6.45, 7) is 6.29. The van der Waals surface area contributed by atoms with Crippen LogP contribution in [0.2, 0.25) is 0 Å². The third-order valence-corrected chi connectivity index (χ3v) is 8.50. The van der Waals surface area contributed by atoms with Crippen molar-refractivity contribution < 1.29 is 28.6 Å². The van der Waals surface area contributed by atoms with Gasteiger partial charge in [-0.15, -0.1) is 0 Å². The van der Waals surface area contributed by atoms with Crippen molar-refractivity contribution in [3.63, 3.8) is 0 Å². The van der Waals surface area contributed by atoms with Crippen molar-refractivity contribution in [3.05, 3.63) is 83.3 Å². The SMILES string of the molecule is Cc1cccc(-c2cc(C(=O)[C@@H](Cc3ccccc3)C(=O)N3C(=O)OC[C@H]3C(C)C)oc2CCCCCCCCCCO)c1. The number of carbonyl (C=O) groups excluding carboxylic acids is 3. The predicted octanol–water partition coefficient (Wildman–Crippen LogP) is 7.96. The minimum absolute atomic E-state index is 0.0124. The van der Waals surface area contributed by atoms with E-state index in [1.165, 1.54) is 6.42 Å². The number of aryl methyl sites for hydroxylation is 2. The Kier molecular flexibility index (Phi) is 12.4. The summed E-state index contributed by atoms with van der Waals surface area (Å²) in [5, 5.41) is 8.95. The van der Waals surface area contributed by atoms with Crippen molar-refractivity contribution in [2.24, 2.45) is 11.8 Å². The van der Waals surface area contributed by atoms with Gasteiger partial charge < -0.3 is 14.3 Å². The van der Waals surface area contributed by atoms with Crippen LogP contribution in [0.4, 0.5) is 4.79 Å². The van der Waals surface area contributed by atoms with Gasteiger partial charge in [0.2, 0.25) is 11.7 Å². The summed E-state index contributed by atoms with van der Waals surface area (Å²) in [4.78, 5) is 42.1. The van der Waals surface area contributed by atoms with E-state index < -0.39 is 29.7 Å². The molecule has 2 amide bonds. The van der Waals surface area contributed by atoms with Crippen LogP contribution in [0, 0.1) is 18.8 Å². The minimum atomic E-state index is -1.13. The topological polar surface area (TPSA) is 97.1 Å². The highest BCUT2D eigenvalue weighted by atomic mass is 16.6. The summed E-state index contributed by atoms with van der Waals surface area (Å²) in [6.07, 6.45) is 8.69. The van der Waals surface area contributed by atoms with Gasteiger partial charge in [0.15, 0.2) is 5.76 Å². The Labute approximate surface area is 261 Å². The summed E-state index contributed by atoms with van der Waals surface area (Å²) in [6, 6.07) is 18.9. The van der Waals surface area contributed by atoms with Crippen LogP contribution < -0.4 is 0 Å². The fraction of sp³-hybridized carbons (Fsp3) is 0.486. The van der Waals surface area contributed by atoms with Gasteiger partial charge in [0.25, 0.3) is 0 Å². The number of imide groups is 1. The largest absolute Gasteiger partial charge is 0.457 e. The number of hydrogen-bond donors (Lipinski definition) is 1. The summed E-state index contributed by atoms with van der Waals surface area (Å²) < 4.78 is 11.6. The van der Waals surface area contributed by atoms with Crippen LogP contribution in [-0.4, -0.2) is 47.0 Å². The number of Topliss-reactive ketones (excluding diaryl/α,β-unsaturated/α-hetero) is 1. The molecule has 2 atom stereocenters. The number of hydrogen-bond acceptors (Lipinski definition) is 6. The second-order valence-electron chi connectivity index (χ2n) is 12.3. The fourth-order valence-electron chi connectivity index (χ4n) is 5.91. The van der Waals surface area contributed by atoms with Gasteiger partial charge in [-0.2, -0.15) is 0 Å². The van der Waals surface area contributed by atoms with Crippen molar-refractivity contribution >= 4 is 17.8 Å². The van der Waals surface area contributed by atoms with E-state index in [0.29, 0.717) is 6.42 Å². The van der Waals surface area contributed by atoms with Crippen molar-refractivity contribution in [1.29, 1.82) is 0 Å². The number of unbranched alkanes of at least 4 members (excludes halogenated alkanes) is 7. The van der Waals surface area contributed by atoms with Gasteiger partial charge >= 0.3 is 6.09 Å². The number of carbonyl (C=O) groups is 3. The molecule has 2 heterocycles. The first-order valence-corrected chi connectivity index (χ1v) is 16.2. The van der Waals surface area contributed by atoms with Crippen LogP contribution in [-0.2, 0) is 22.4 Å². The summed E-state index contributed by atoms with van der Waals surface area (Å²) in [7, 11) is 0. The first kappa shape index (κ1) is 33.2. The number of rotatable bonds is 17. The van der Waals surface area contributed by atoms with Crippen LogP contribution in [0.25, 0.3) is 11.1 Å². The highest BCUT2D eigenvalue weighted by Gasteiger charge is 2.44. The molecule has 4 rings (SSSR count). The van der Waals surface area contributed by atoms with Gasteiger partial charge in [-0.05, 0) is 49.3 Å². The molecular formula is C37H47NO6. The zero-order chi connectivity index (χ0) is 31.5. The van der Waals surface area contributed by atoms with Gasteiger partial charge in [-0.3, -0.25) is 9.59 Å². The normalized spacial score (nSPS) is 15.5. The predicted molar refractivity (Wildman–Crippen MR) is 171 cm³/mol. The Hall–Kier alpha value is -3.71. The number of cyclic esters (lactones) is 1. The molecule has 44 heavy (non-hydrogen) atoms. The van der Waals surface area contributed by atoms with Gasteiger partial charge in [-0.1, -0.05) is 113 Å². The van der Waals surface area contributed by atoms with E-state index in [2.05, 4.69) is 6.07 Å². The van der Waals surface area contributed by atoms with Crippen molar-refractivity contribution in [2.45, 2.75) is 91.0 Å². The number of amides is 2. The fourth-order valence-corrected chi connectivity index (χ4v) is 5.91. The maximum Gasteiger partial charge on any atom is 0.417 e. The number of nitrogens with zero attached hydrogens (tertiary/aromatic N) is 1. The van der Waals surface area contributed by atoms with Gasteiger partial charge in [0.05, 0.1) is 6.04 Å². The van der Waals surface area contributed by atoms with Gasteiger partial charge in [0, 0.05) is 18.6 Å². The van der Waals surface area contributed by atoms with Gasteiger partial charge in [-0.25, -0.2) is 9.69 Å². The number of furan rings is 1. The zero-order valence-electron chi connectivity index (χ0n) is 26.4. The second-order valence-corrected chi connectivity index (χ2v) is 12.3. The highest BCUT2D eigenvalue weighted by molar-refractivity contribution is 6.12. The molecule has 1 N–H and O–H groups in total. The molecule has 0 saturated carbocycles. The summed E-state index contributed by atoms with van der Waals surface area (Å²) in [5.74, 6) is -1.23. The van der Waals surface area contributed by atoms with Crippen LogP contribution in [0.3, 0.4) is 0 Å². The Morgan fingerprint density at radius 1 is 0.909 bits per heavy atom. The average molecular weight is 602 g/mol. The third-order valence-electron chi connectivity index (χ3n) is 8.50. The van der Waals surface area contributed by atoms with Crippen molar-refractivity contribution in [3.8, 4) is 11.1 Å². The number of ketones is 1. The van der Waals surface area contributed by atoms with E-state index in [-0.39, 0.29) is 31.3 Å². The Morgan fingerprint density at radius 2 is 1.59 bits per heavy atom. The maximum absolute atomic E-state index is 14.2. The molecule has 0 bridgehead atoms. The monoisotopic (exact) mass is 601 g/mol. The van der Waals surface area contributed by atoms with E-state index >= 15 is 0 Å². The van der Waals surface area contributed by atoms with Crippen molar-refractivity contribution in [1.82, 2.24) is 4.90 Å². The van der Waals surface area contributed by atoms with Crippen LogP contribution in [0.5, 0.6) is 0 Å². The molecule has 7 nitrogen and oxygen atoms in total. The number of aliphatic hydroxyl groups is 1. The molecular weight excluding hydrogens is 554 g/mol. The molecule has 0 aliphatic carbocycles. The van der Waals surface area contributed by atoms with Crippen molar-refractivity contribution in [2.75, 3.05) is 13.2 Å². The average Bonchev–Trinajstić information content (AvgIpc) is 3.63. The van der Waals surface area contributed by atoms with Crippen LogP contribution in [0.15, 0.2) is 65.1 Å². The molecule has 1 aliphatic heterocycles. The zero-order valence-corrected chi connectivity index (χ0v) is 26.4. The lowest BCUT2D eigenvalue weighted by atomic mass is 9.91. The highest BCUT2D eigenvalue weighted by Crippen LogP contribution is 2.32. The molecule has 1 fully saturated rings. The Bertz CT molecular complexity index is 1380. The molecule has 0 unspecified atom stereocenters. The molecule has 1 aliphatic rings. The van der Waals surface area contributed by atoms with E-state index in [0.717, 1.165) is 77.9 Å². The van der Waals surface area contributed by atoms with Crippen LogP contribution >= 0.6 is 0 Å². The molecule has 0 spiro atoms. The smallest absolute Gasteiger partial charge is 0.417 e. The molecule has 236 valence electrons. The molecule has 3 aromatic rings. The van der Waals surface area contributed by atoms with E-state index in [9.17, 15) is 14.4 Å². The maximum atomic E-state index is 14.2. The van der Waals surface area contributed by atoms with Gasteiger partial charge in [0.1, 0.15) is 18.3 Å². The molecule has 1 aromatic heterocycles. The van der Waals surface area contributed by atoms with Crippen LogP contribution in [0.1, 0.15) is 92.7 Å². The molecule has 2 aromatic carbocycles. The molecule has 7 heteroatoms. The Balaban J connectivity index is 1.58. The number of benzene rings is 2. The lowest BCUT2D eigenvalue weighted by Gasteiger charge is -2.26. The van der Waals surface area contributed by atoms with E-state index in [1.54, 1.807) is 6.07 Å². The Morgan fingerprint density at radius 3 is 2.25 bits per heavy atom. The third kappa shape index (κ3) is 8.69. The molecule has 0 radical (unpaired) electrons.